The molecule has 52 valence electrons. The van der Waals surface area contributed by atoms with E-state index in [9.17, 15) is 0 Å². The van der Waals surface area contributed by atoms with Crippen LogP contribution in [-0.4, -0.2) is 35.7 Å². The number of hydroxylamine groups is 1. The van der Waals surface area contributed by atoms with Crippen LogP contribution < -0.4 is 5.53 Å². The van der Waals surface area contributed by atoms with Crippen molar-refractivity contribution in [2.24, 2.45) is 5.10 Å². The highest BCUT2D eigenvalue weighted by atomic mass is 16.6. The minimum absolute atomic E-state index is 0.247. The van der Waals surface area contributed by atoms with E-state index in [1.165, 1.54) is 18.6 Å². The predicted octanol–water partition coefficient (Wildman–Crippen LogP) is -1.04. The minimum Gasteiger partial charge on any atom is -0.365 e. The van der Waals surface area contributed by atoms with E-state index in [-0.39, 0.29) is 6.73 Å². The molecule has 0 bridgehead atoms. The molecule has 0 amide bonds. The van der Waals surface area contributed by atoms with Gasteiger partial charge in [-0.05, 0) is 0 Å². The summed E-state index contributed by atoms with van der Waals surface area (Å²) in [5, 5.41) is 14.4. The second-order valence-corrected chi connectivity index (χ2v) is 1.48. The first-order valence-electron chi connectivity index (χ1n) is 2.38. The largest absolute Gasteiger partial charge is 0.365 e. The predicted molar refractivity (Wildman–Crippen MR) is 29.0 cm³/mol. The van der Waals surface area contributed by atoms with Gasteiger partial charge in [-0.2, -0.15) is 0 Å². The number of hydrazine groups is 2. The zero-order chi connectivity index (χ0) is 6.69. The van der Waals surface area contributed by atoms with Gasteiger partial charge in [0.25, 0.3) is 0 Å². The van der Waals surface area contributed by atoms with Crippen molar-refractivity contribution in [3.8, 4) is 0 Å². The van der Waals surface area contributed by atoms with Gasteiger partial charge in [0.1, 0.15) is 6.73 Å². The van der Waals surface area contributed by atoms with Crippen LogP contribution in [0.5, 0.6) is 0 Å². The maximum Gasteiger partial charge on any atom is 0.158 e. The smallest absolute Gasteiger partial charge is 0.158 e. The average Bonchev–Trinajstić information content (AvgIpc) is 2.18. The lowest BCUT2D eigenvalue weighted by atomic mass is 11.2. The van der Waals surface area contributed by atoms with Crippen molar-refractivity contribution < 1.29 is 9.94 Å². The lowest BCUT2D eigenvalue weighted by molar-refractivity contribution is -0.221. The van der Waals surface area contributed by atoms with Crippen molar-refractivity contribution >= 4 is 6.34 Å². The fourth-order valence-corrected chi connectivity index (χ4v) is 0.463. The quantitative estimate of drug-likeness (QED) is 0.502. The summed E-state index contributed by atoms with van der Waals surface area (Å²) in [6, 6.07) is 0. The van der Waals surface area contributed by atoms with Crippen molar-refractivity contribution in [3.05, 3.63) is 0 Å². The Balaban J connectivity index is 2.28. The van der Waals surface area contributed by atoms with Gasteiger partial charge < -0.3 is 4.74 Å². The van der Waals surface area contributed by atoms with Gasteiger partial charge in [-0.25, -0.2) is 5.53 Å². The highest BCUT2D eigenvalue weighted by Gasteiger charge is 2.12. The van der Waals surface area contributed by atoms with E-state index in [0.29, 0.717) is 0 Å². The van der Waals surface area contributed by atoms with Crippen molar-refractivity contribution in [2.75, 3.05) is 13.8 Å². The van der Waals surface area contributed by atoms with Gasteiger partial charge in [0.2, 0.25) is 0 Å². The number of methoxy groups -OCH3 is 1. The number of hydrazone groups is 1. The van der Waals surface area contributed by atoms with Crippen LogP contribution in [0.3, 0.4) is 0 Å². The molecule has 0 aromatic rings. The van der Waals surface area contributed by atoms with Crippen LogP contribution in [0.2, 0.25) is 0 Å². The standard InChI is InChI=1S/C3H8N4O2/c1-9-3-6-5-4-2-7(6)8/h2,5,8H,3H2,1H3. The fraction of sp³-hybridized carbons (Fsp3) is 0.667. The molecular formula is C3H8N4O2. The summed E-state index contributed by atoms with van der Waals surface area (Å²) in [7, 11) is 1.52. The molecule has 9 heavy (non-hydrogen) atoms. The van der Waals surface area contributed by atoms with Crippen molar-refractivity contribution in [1.82, 2.24) is 15.8 Å². The molecular weight excluding hydrogens is 124 g/mol. The molecule has 0 aliphatic carbocycles. The van der Waals surface area contributed by atoms with Crippen LogP contribution in [0.25, 0.3) is 0 Å². The van der Waals surface area contributed by atoms with Gasteiger partial charge in [-0.1, -0.05) is 5.12 Å². The van der Waals surface area contributed by atoms with E-state index in [0.717, 1.165) is 5.17 Å². The van der Waals surface area contributed by atoms with Crippen LogP contribution in [0.1, 0.15) is 0 Å². The number of nitrogens with zero attached hydrogens (tertiary/aromatic N) is 3. The number of hydrogen-bond donors (Lipinski definition) is 2. The second kappa shape index (κ2) is 2.62. The molecule has 0 radical (unpaired) electrons. The van der Waals surface area contributed by atoms with Gasteiger partial charge >= 0.3 is 0 Å². The van der Waals surface area contributed by atoms with Gasteiger partial charge in [0, 0.05) is 7.11 Å². The number of rotatable bonds is 2. The van der Waals surface area contributed by atoms with Crippen LogP contribution >= 0.6 is 0 Å². The molecule has 6 nitrogen and oxygen atoms in total. The average molecular weight is 132 g/mol. The van der Waals surface area contributed by atoms with E-state index in [4.69, 9.17) is 5.21 Å². The molecule has 0 aromatic carbocycles. The van der Waals surface area contributed by atoms with Crippen molar-refractivity contribution in [2.45, 2.75) is 0 Å². The summed E-state index contributed by atoms with van der Waals surface area (Å²) in [6.45, 7) is 0.247. The Kier molecular flexibility index (Phi) is 1.83. The van der Waals surface area contributed by atoms with E-state index in [2.05, 4.69) is 15.4 Å². The normalized spacial score (nSPS) is 18.7. The van der Waals surface area contributed by atoms with E-state index in [1.54, 1.807) is 0 Å². The van der Waals surface area contributed by atoms with E-state index >= 15 is 0 Å². The van der Waals surface area contributed by atoms with Gasteiger partial charge in [0.05, 0.1) is 0 Å². The number of hydrogen-bond acceptors (Lipinski definition) is 6. The molecule has 0 spiro atoms. The monoisotopic (exact) mass is 132 g/mol. The summed E-state index contributed by atoms with van der Waals surface area (Å²) in [5.41, 5.74) is 2.46. The van der Waals surface area contributed by atoms with Crippen molar-refractivity contribution in [1.29, 1.82) is 0 Å². The van der Waals surface area contributed by atoms with Gasteiger partial charge in [-0.15, -0.1) is 10.3 Å². The summed E-state index contributed by atoms with van der Waals surface area (Å²) >= 11 is 0. The first kappa shape index (κ1) is 6.27. The summed E-state index contributed by atoms with van der Waals surface area (Å²) < 4.78 is 4.68. The zero-order valence-electron chi connectivity index (χ0n) is 4.98. The maximum absolute atomic E-state index is 8.79. The molecule has 0 aromatic heterocycles. The summed E-state index contributed by atoms with van der Waals surface area (Å²) in [6.07, 6.45) is 1.22. The minimum atomic E-state index is 0.247. The SMILES string of the molecule is COCN1NN=CN1O. The summed E-state index contributed by atoms with van der Waals surface area (Å²) in [5.74, 6) is 0. The molecule has 0 fully saturated rings. The lowest BCUT2D eigenvalue weighted by Gasteiger charge is -2.18. The first-order valence-corrected chi connectivity index (χ1v) is 2.38. The Morgan fingerprint density at radius 1 is 1.89 bits per heavy atom. The molecule has 0 saturated carbocycles. The lowest BCUT2D eigenvalue weighted by Crippen LogP contribution is -2.41. The molecule has 1 rings (SSSR count). The molecule has 0 unspecified atom stereocenters. The highest BCUT2D eigenvalue weighted by Crippen LogP contribution is 1.91. The summed E-state index contributed by atoms with van der Waals surface area (Å²) in [4.78, 5) is 0. The highest BCUT2D eigenvalue weighted by molar-refractivity contribution is 5.52. The van der Waals surface area contributed by atoms with Gasteiger partial charge in [-0.3, -0.25) is 5.21 Å². The molecule has 0 atom stereocenters. The fourth-order valence-electron chi connectivity index (χ4n) is 0.463. The third-order valence-corrected chi connectivity index (χ3v) is 0.833. The van der Waals surface area contributed by atoms with Crippen molar-refractivity contribution in [3.63, 3.8) is 0 Å². The molecule has 2 N–H and O–H groups in total. The topological polar surface area (TPSA) is 60.3 Å². The molecule has 1 aliphatic rings. The number of ether oxygens (including phenoxy) is 1. The molecule has 1 aliphatic heterocycles. The molecule has 1 heterocycles. The molecule has 0 saturated heterocycles. The zero-order valence-corrected chi connectivity index (χ0v) is 4.98. The van der Waals surface area contributed by atoms with Crippen LogP contribution in [-0.2, 0) is 4.74 Å². The van der Waals surface area contributed by atoms with Crippen LogP contribution in [0, 0.1) is 0 Å². The third-order valence-electron chi connectivity index (χ3n) is 0.833. The second-order valence-electron chi connectivity index (χ2n) is 1.48. The first-order chi connectivity index (χ1) is 4.34. The van der Waals surface area contributed by atoms with E-state index in [1.807, 2.05) is 0 Å². The maximum atomic E-state index is 8.79. The number of nitrogens with one attached hydrogen (secondary N) is 1. The van der Waals surface area contributed by atoms with Crippen LogP contribution in [0.15, 0.2) is 5.10 Å². The third kappa shape index (κ3) is 1.28. The Bertz CT molecular complexity index is 116. The van der Waals surface area contributed by atoms with Crippen LogP contribution in [0.4, 0.5) is 0 Å². The molecule has 6 heteroatoms. The Morgan fingerprint density at radius 3 is 3.11 bits per heavy atom. The Labute approximate surface area is 52.2 Å². The Morgan fingerprint density at radius 2 is 2.67 bits per heavy atom. The Hall–Kier alpha value is -0.850. The van der Waals surface area contributed by atoms with Gasteiger partial charge in [0.15, 0.2) is 6.34 Å². The van der Waals surface area contributed by atoms with E-state index < -0.39 is 0 Å².